The molecule has 4 aromatic rings. The summed E-state index contributed by atoms with van der Waals surface area (Å²) >= 11 is 2.85. The van der Waals surface area contributed by atoms with Crippen LogP contribution in [-0.4, -0.2) is 31.2 Å². The van der Waals surface area contributed by atoms with Gasteiger partial charge in [0.25, 0.3) is 0 Å². The molecule has 9 heteroatoms. The number of nitrogens with zero attached hydrogens (tertiary/aromatic N) is 4. The second-order valence-corrected chi connectivity index (χ2v) is 7.39. The largest absolute Gasteiger partial charge is 0.325 e. The van der Waals surface area contributed by atoms with E-state index in [2.05, 4.69) is 15.5 Å². The normalized spacial score (nSPS) is 10.9. The molecule has 0 saturated carbocycles. The van der Waals surface area contributed by atoms with E-state index in [1.807, 2.05) is 51.4 Å². The highest BCUT2D eigenvalue weighted by atomic mass is 32.2. The molecule has 0 spiro atoms. The van der Waals surface area contributed by atoms with E-state index in [0.29, 0.717) is 16.7 Å². The molecular formula is C18H14FN5OS2. The fourth-order valence-electron chi connectivity index (χ4n) is 2.44. The summed E-state index contributed by atoms with van der Waals surface area (Å²) < 4.78 is 16.7. The summed E-state index contributed by atoms with van der Waals surface area (Å²) in [5.41, 5.74) is 0.549. The molecule has 3 aromatic heterocycles. The molecule has 136 valence electrons. The van der Waals surface area contributed by atoms with Crippen molar-refractivity contribution in [2.45, 2.75) is 5.16 Å². The molecule has 0 fully saturated rings. The number of hydrogen-bond acceptors (Lipinski definition) is 5. The lowest BCUT2D eigenvalue weighted by atomic mass is 10.3. The van der Waals surface area contributed by atoms with Crippen LogP contribution >= 0.6 is 23.1 Å². The summed E-state index contributed by atoms with van der Waals surface area (Å²) in [5, 5.41) is 13.9. The van der Waals surface area contributed by atoms with Gasteiger partial charge < -0.3 is 5.32 Å². The predicted molar refractivity (Wildman–Crippen MR) is 104 cm³/mol. The SMILES string of the molecule is O=C(CSc1nnc(-c2cccs2)n1-n1cccc1)Nc1ccc(F)cc1. The fourth-order valence-corrected chi connectivity index (χ4v) is 3.87. The van der Waals surface area contributed by atoms with E-state index >= 15 is 0 Å². The van der Waals surface area contributed by atoms with Crippen LogP contribution in [0, 0.1) is 5.82 Å². The molecule has 0 aliphatic rings. The van der Waals surface area contributed by atoms with Crippen LogP contribution in [0.4, 0.5) is 10.1 Å². The third-order valence-corrected chi connectivity index (χ3v) is 5.42. The van der Waals surface area contributed by atoms with Crippen molar-refractivity contribution in [1.29, 1.82) is 0 Å². The summed E-state index contributed by atoms with van der Waals surface area (Å²) in [7, 11) is 0. The number of carbonyl (C=O) groups excluding carboxylic acids is 1. The topological polar surface area (TPSA) is 64.7 Å². The summed E-state index contributed by atoms with van der Waals surface area (Å²) in [6, 6.07) is 13.4. The monoisotopic (exact) mass is 399 g/mol. The second-order valence-electron chi connectivity index (χ2n) is 5.50. The molecule has 6 nitrogen and oxygen atoms in total. The van der Waals surface area contributed by atoms with Gasteiger partial charge in [0.1, 0.15) is 5.82 Å². The van der Waals surface area contributed by atoms with E-state index in [-0.39, 0.29) is 17.5 Å². The Balaban J connectivity index is 1.52. The molecule has 1 N–H and O–H groups in total. The molecule has 3 heterocycles. The van der Waals surface area contributed by atoms with Gasteiger partial charge in [-0.05, 0) is 47.8 Å². The number of nitrogens with one attached hydrogen (secondary N) is 1. The molecule has 0 unspecified atom stereocenters. The minimum atomic E-state index is -0.344. The molecule has 0 aliphatic carbocycles. The van der Waals surface area contributed by atoms with Crippen molar-refractivity contribution in [3.8, 4) is 10.7 Å². The number of rotatable bonds is 6. The van der Waals surface area contributed by atoms with Crippen molar-refractivity contribution in [2.75, 3.05) is 11.1 Å². The van der Waals surface area contributed by atoms with Gasteiger partial charge in [-0.25, -0.2) is 9.07 Å². The Labute approximate surface area is 162 Å². The smallest absolute Gasteiger partial charge is 0.234 e. The average Bonchev–Trinajstić information content (AvgIpc) is 3.42. The zero-order valence-corrected chi connectivity index (χ0v) is 15.6. The molecule has 4 rings (SSSR count). The van der Waals surface area contributed by atoms with Crippen LogP contribution in [0.2, 0.25) is 0 Å². The van der Waals surface area contributed by atoms with Gasteiger partial charge in [0, 0.05) is 18.1 Å². The maximum atomic E-state index is 13.0. The molecular weight excluding hydrogens is 385 g/mol. The van der Waals surface area contributed by atoms with Gasteiger partial charge in [-0.15, -0.1) is 21.5 Å². The number of amides is 1. The Kier molecular flexibility index (Phi) is 5.03. The van der Waals surface area contributed by atoms with Crippen LogP contribution in [0.25, 0.3) is 10.7 Å². The first-order valence-corrected chi connectivity index (χ1v) is 9.88. The van der Waals surface area contributed by atoms with Gasteiger partial charge in [-0.3, -0.25) is 9.47 Å². The minimum absolute atomic E-state index is 0.154. The molecule has 27 heavy (non-hydrogen) atoms. The van der Waals surface area contributed by atoms with Crippen molar-refractivity contribution < 1.29 is 9.18 Å². The van der Waals surface area contributed by atoms with Crippen LogP contribution in [0.1, 0.15) is 0 Å². The zero-order valence-electron chi connectivity index (χ0n) is 13.9. The lowest BCUT2D eigenvalue weighted by molar-refractivity contribution is -0.113. The Morgan fingerprint density at radius 3 is 2.59 bits per heavy atom. The van der Waals surface area contributed by atoms with Crippen LogP contribution in [0.3, 0.4) is 0 Å². The number of hydrogen-bond donors (Lipinski definition) is 1. The molecule has 1 aromatic carbocycles. The maximum absolute atomic E-state index is 13.0. The first kappa shape index (κ1) is 17.5. The Morgan fingerprint density at radius 2 is 1.89 bits per heavy atom. The van der Waals surface area contributed by atoms with E-state index in [0.717, 1.165) is 4.88 Å². The van der Waals surface area contributed by atoms with Crippen LogP contribution in [-0.2, 0) is 4.79 Å². The van der Waals surface area contributed by atoms with Gasteiger partial charge in [-0.1, -0.05) is 17.8 Å². The molecule has 1 amide bonds. The number of thiophene rings is 1. The number of thioether (sulfide) groups is 1. The van der Waals surface area contributed by atoms with Crippen LogP contribution in [0.5, 0.6) is 0 Å². The lowest BCUT2D eigenvalue weighted by Gasteiger charge is -2.10. The number of carbonyl (C=O) groups is 1. The minimum Gasteiger partial charge on any atom is -0.325 e. The van der Waals surface area contributed by atoms with E-state index in [9.17, 15) is 9.18 Å². The van der Waals surface area contributed by atoms with E-state index in [1.54, 1.807) is 11.3 Å². The highest BCUT2D eigenvalue weighted by Gasteiger charge is 2.17. The number of halogens is 1. The van der Waals surface area contributed by atoms with Gasteiger partial charge in [0.2, 0.25) is 11.1 Å². The summed E-state index contributed by atoms with van der Waals surface area (Å²) in [5.74, 6) is 0.318. The standard InChI is InChI=1S/C18H14FN5OS2/c19-13-5-7-14(8-6-13)20-16(25)12-27-18-22-21-17(15-4-3-11-26-15)24(18)23-9-1-2-10-23/h1-11H,12H2,(H,20,25). The third kappa shape index (κ3) is 3.93. The van der Waals surface area contributed by atoms with Crippen molar-refractivity contribution >= 4 is 34.7 Å². The molecule has 0 aliphatic heterocycles. The van der Waals surface area contributed by atoms with Gasteiger partial charge >= 0.3 is 0 Å². The average molecular weight is 399 g/mol. The molecule has 0 bridgehead atoms. The van der Waals surface area contributed by atoms with Gasteiger partial charge in [0.05, 0.1) is 10.6 Å². The predicted octanol–water partition coefficient (Wildman–Crippen LogP) is 3.99. The highest BCUT2D eigenvalue weighted by molar-refractivity contribution is 7.99. The number of aromatic nitrogens is 4. The van der Waals surface area contributed by atoms with Crippen molar-refractivity contribution in [3.05, 3.63) is 72.1 Å². The Bertz CT molecular complexity index is 1030. The van der Waals surface area contributed by atoms with E-state index < -0.39 is 0 Å². The van der Waals surface area contributed by atoms with Crippen LogP contribution in [0.15, 0.2) is 71.5 Å². The number of anilines is 1. The summed E-state index contributed by atoms with van der Waals surface area (Å²) in [6.45, 7) is 0. The third-order valence-electron chi connectivity index (χ3n) is 3.63. The Morgan fingerprint density at radius 1 is 1.11 bits per heavy atom. The van der Waals surface area contributed by atoms with Gasteiger partial charge in [-0.2, -0.15) is 0 Å². The first-order valence-electron chi connectivity index (χ1n) is 8.02. The first-order chi connectivity index (χ1) is 13.2. The van der Waals surface area contributed by atoms with E-state index in [4.69, 9.17) is 0 Å². The second kappa shape index (κ2) is 7.77. The molecule has 0 radical (unpaired) electrons. The van der Waals surface area contributed by atoms with Crippen molar-refractivity contribution in [1.82, 2.24) is 19.5 Å². The molecule has 0 atom stereocenters. The molecule has 0 saturated heterocycles. The maximum Gasteiger partial charge on any atom is 0.234 e. The van der Waals surface area contributed by atoms with Gasteiger partial charge in [0.15, 0.2) is 5.82 Å². The quantitative estimate of drug-likeness (QED) is 0.498. The lowest BCUT2D eigenvalue weighted by Crippen LogP contribution is -2.15. The van der Waals surface area contributed by atoms with Crippen molar-refractivity contribution in [3.63, 3.8) is 0 Å². The van der Waals surface area contributed by atoms with E-state index in [1.165, 1.54) is 36.0 Å². The van der Waals surface area contributed by atoms with Crippen LogP contribution < -0.4 is 5.32 Å². The van der Waals surface area contributed by atoms with Crippen molar-refractivity contribution in [2.24, 2.45) is 0 Å². The summed E-state index contributed by atoms with van der Waals surface area (Å²) in [4.78, 5) is 13.2. The highest BCUT2D eigenvalue weighted by Crippen LogP contribution is 2.27. The zero-order chi connectivity index (χ0) is 18.6. The summed E-state index contributed by atoms with van der Waals surface area (Å²) in [6.07, 6.45) is 3.78. The number of benzene rings is 1. The fraction of sp³-hybridized carbons (Fsp3) is 0.0556. The Hall–Kier alpha value is -2.91.